The highest BCUT2D eigenvalue weighted by Crippen LogP contribution is 2.35. The van der Waals surface area contributed by atoms with E-state index in [9.17, 15) is 13.2 Å². The molecular formula is C25H33F3N2O2. The van der Waals surface area contributed by atoms with Gasteiger partial charge in [-0.05, 0) is 73.8 Å². The number of halogens is 3. The predicted molar refractivity (Wildman–Crippen MR) is 122 cm³/mol. The van der Waals surface area contributed by atoms with Gasteiger partial charge in [-0.25, -0.2) is 0 Å². The van der Waals surface area contributed by atoms with E-state index in [0.717, 1.165) is 26.1 Å². The molecule has 0 aromatic heterocycles. The molecule has 0 unspecified atom stereocenters. The third-order valence-corrected chi connectivity index (χ3v) is 6.00. The Morgan fingerprint density at radius 1 is 1.00 bits per heavy atom. The molecule has 3 rings (SSSR count). The van der Waals surface area contributed by atoms with E-state index >= 15 is 0 Å². The summed E-state index contributed by atoms with van der Waals surface area (Å²) in [5, 5.41) is 0. The highest BCUT2D eigenvalue weighted by Gasteiger charge is 2.32. The Morgan fingerprint density at radius 3 is 2.25 bits per heavy atom. The molecule has 2 aromatic rings. The summed E-state index contributed by atoms with van der Waals surface area (Å²) in [4.78, 5) is 4.59. The average molecular weight is 451 g/mol. The fourth-order valence-electron chi connectivity index (χ4n) is 4.26. The summed E-state index contributed by atoms with van der Waals surface area (Å²) >= 11 is 0. The molecule has 2 aromatic carbocycles. The van der Waals surface area contributed by atoms with E-state index < -0.39 is 6.36 Å². The van der Waals surface area contributed by atoms with Crippen LogP contribution >= 0.6 is 0 Å². The molecule has 7 heteroatoms. The quantitative estimate of drug-likeness (QED) is 0.472. The van der Waals surface area contributed by atoms with Gasteiger partial charge in [-0.15, -0.1) is 13.2 Å². The molecule has 0 saturated carbocycles. The van der Waals surface area contributed by atoms with Gasteiger partial charge in [0.1, 0.15) is 11.5 Å². The van der Waals surface area contributed by atoms with Crippen molar-refractivity contribution in [3.63, 3.8) is 0 Å². The van der Waals surface area contributed by atoms with Gasteiger partial charge in [0, 0.05) is 32.2 Å². The number of hydrogen-bond acceptors (Lipinski definition) is 4. The Kier molecular flexibility index (Phi) is 8.29. The van der Waals surface area contributed by atoms with Crippen molar-refractivity contribution < 1.29 is 22.6 Å². The molecule has 1 aliphatic heterocycles. The molecule has 1 saturated heterocycles. The fraction of sp³-hybridized carbons (Fsp3) is 0.520. The monoisotopic (exact) mass is 450 g/mol. The number of nitrogens with zero attached hydrogens (tertiary/aromatic N) is 2. The summed E-state index contributed by atoms with van der Waals surface area (Å²) in [7, 11) is 4.06. The van der Waals surface area contributed by atoms with Crippen LogP contribution in [-0.4, -0.2) is 51.6 Å². The van der Waals surface area contributed by atoms with Crippen LogP contribution in [0.4, 0.5) is 18.9 Å². The topological polar surface area (TPSA) is 24.9 Å². The number of alkyl halides is 3. The fourth-order valence-corrected chi connectivity index (χ4v) is 4.26. The lowest BCUT2D eigenvalue weighted by molar-refractivity contribution is -0.274. The first-order valence-electron chi connectivity index (χ1n) is 11.2. The predicted octanol–water partition coefficient (Wildman–Crippen LogP) is 5.94. The maximum atomic E-state index is 12.4. The van der Waals surface area contributed by atoms with Gasteiger partial charge >= 0.3 is 6.36 Å². The van der Waals surface area contributed by atoms with Crippen molar-refractivity contribution in [1.82, 2.24) is 4.90 Å². The normalized spacial score (nSPS) is 19.6. The van der Waals surface area contributed by atoms with Gasteiger partial charge < -0.3 is 19.3 Å². The standard InChI is InChI=1S/C25H33F3N2O2/c1-4-5-15-30-16-14-24(19-6-8-21(9-7-19)29(2)3)20(17-30)18-31-22-10-12-23(13-11-22)32-25(26,27)28/h6-13,20,24H,4-5,14-18H2,1-3H3/t20-,24-/m0/s1. The molecule has 0 radical (unpaired) electrons. The van der Waals surface area contributed by atoms with E-state index in [1.807, 2.05) is 14.1 Å². The third kappa shape index (κ3) is 7.05. The van der Waals surface area contributed by atoms with Crippen molar-refractivity contribution in [1.29, 1.82) is 0 Å². The first-order valence-corrected chi connectivity index (χ1v) is 11.2. The number of piperidine rings is 1. The van der Waals surface area contributed by atoms with Gasteiger partial charge in [-0.2, -0.15) is 0 Å². The molecule has 0 N–H and O–H groups in total. The summed E-state index contributed by atoms with van der Waals surface area (Å²) in [5.41, 5.74) is 2.48. The van der Waals surface area contributed by atoms with Crippen molar-refractivity contribution in [2.24, 2.45) is 5.92 Å². The minimum atomic E-state index is -4.69. The minimum Gasteiger partial charge on any atom is -0.493 e. The molecule has 4 nitrogen and oxygen atoms in total. The molecule has 0 spiro atoms. The summed E-state index contributed by atoms with van der Waals surface area (Å²) in [6, 6.07) is 14.3. The van der Waals surface area contributed by atoms with Crippen molar-refractivity contribution in [3.05, 3.63) is 54.1 Å². The second kappa shape index (κ2) is 10.9. The number of likely N-dealkylation sites (tertiary alicyclic amines) is 1. The smallest absolute Gasteiger partial charge is 0.493 e. The van der Waals surface area contributed by atoms with Gasteiger partial charge in [0.2, 0.25) is 0 Å². The van der Waals surface area contributed by atoms with Crippen LogP contribution < -0.4 is 14.4 Å². The lowest BCUT2D eigenvalue weighted by atomic mass is 9.80. The lowest BCUT2D eigenvalue weighted by Gasteiger charge is -2.39. The molecule has 2 atom stereocenters. The van der Waals surface area contributed by atoms with Crippen LogP contribution in [0.5, 0.6) is 11.5 Å². The molecule has 1 fully saturated rings. The number of ether oxygens (including phenoxy) is 2. The Balaban J connectivity index is 1.68. The average Bonchev–Trinajstić information content (AvgIpc) is 2.76. The van der Waals surface area contributed by atoms with Crippen LogP contribution in [0, 0.1) is 5.92 Å². The minimum absolute atomic E-state index is 0.243. The van der Waals surface area contributed by atoms with Gasteiger partial charge in [0.05, 0.1) is 6.61 Å². The van der Waals surface area contributed by atoms with Gasteiger partial charge in [0.25, 0.3) is 0 Å². The molecule has 176 valence electrons. The number of hydrogen-bond donors (Lipinski definition) is 0. The molecule has 32 heavy (non-hydrogen) atoms. The Bertz CT molecular complexity index is 823. The third-order valence-electron chi connectivity index (χ3n) is 6.00. The van der Waals surface area contributed by atoms with Gasteiger partial charge in [0.15, 0.2) is 0 Å². The van der Waals surface area contributed by atoms with Crippen LogP contribution in [0.3, 0.4) is 0 Å². The SMILES string of the molecule is CCCCN1CC[C@@H](c2ccc(N(C)C)cc2)[C@H](COc2ccc(OC(F)(F)F)cc2)C1. The van der Waals surface area contributed by atoms with E-state index in [0.29, 0.717) is 24.2 Å². The molecule has 1 heterocycles. The molecular weight excluding hydrogens is 417 g/mol. The Morgan fingerprint density at radius 2 is 1.66 bits per heavy atom. The second-order valence-corrected chi connectivity index (χ2v) is 8.63. The number of unbranched alkanes of at least 4 members (excludes halogenated alkanes) is 1. The summed E-state index contributed by atoms with van der Waals surface area (Å²) in [5.74, 6) is 0.993. The van der Waals surface area contributed by atoms with Crippen LogP contribution in [0.1, 0.15) is 37.7 Å². The molecule has 0 aliphatic carbocycles. The first kappa shape index (κ1) is 24.2. The zero-order valence-electron chi connectivity index (χ0n) is 19.1. The van der Waals surface area contributed by atoms with Crippen LogP contribution in [0.25, 0.3) is 0 Å². The van der Waals surface area contributed by atoms with E-state index in [2.05, 4.69) is 45.7 Å². The lowest BCUT2D eigenvalue weighted by Crippen LogP contribution is -2.42. The van der Waals surface area contributed by atoms with Crippen molar-refractivity contribution in [2.75, 3.05) is 45.2 Å². The zero-order valence-corrected chi connectivity index (χ0v) is 19.1. The number of rotatable bonds is 9. The van der Waals surface area contributed by atoms with E-state index in [1.54, 1.807) is 0 Å². The second-order valence-electron chi connectivity index (χ2n) is 8.63. The summed E-state index contributed by atoms with van der Waals surface area (Å²) in [6.45, 7) is 5.83. The highest BCUT2D eigenvalue weighted by molar-refractivity contribution is 5.46. The number of anilines is 1. The van der Waals surface area contributed by atoms with E-state index in [1.165, 1.54) is 48.4 Å². The molecule has 0 amide bonds. The summed E-state index contributed by atoms with van der Waals surface area (Å²) < 4.78 is 47.1. The van der Waals surface area contributed by atoms with Crippen LogP contribution in [0.2, 0.25) is 0 Å². The summed E-state index contributed by atoms with van der Waals surface area (Å²) in [6.07, 6.45) is -1.28. The maximum absolute atomic E-state index is 12.4. The van der Waals surface area contributed by atoms with Crippen LogP contribution in [-0.2, 0) is 0 Å². The largest absolute Gasteiger partial charge is 0.573 e. The van der Waals surface area contributed by atoms with E-state index in [4.69, 9.17) is 4.74 Å². The first-order chi connectivity index (χ1) is 15.2. The van der Waals surface area contributed by atoms with E-state index in [-0.39, 0.29) is 5.75 Å². The van der Waals surface area contributed by atoms with Crippen LogP contribution in [0.15, 0.2) is 48.5 Å². The van der Waals surface area contributed by atoms with Crippen molar-refractivity contribution in [3.8, 4) is 11.5 Å². The Labute approximate surface area is 188 Å². The number of benzene rings is 2. The highest BCUT2D eigenvalue weighted by atomic mass is 19.4. The molecule has 0 bridgehead atoms. The van der Waals surface area contributed by atoms with Gasteiger partial charge in [-0.1, -0.05) is 25.5 Å². The zero-order chi connectivity index (χ0) is 23.1. The maximum Gasteiger partial charge on any atom is 0.573 e. The van der Waals surface area contributed by atoms with Crippen molar-refractivity contribution in [2.45, 2.75) is 38.5 Å². The molecule has 1 aliphatic rings. The Hall–Kier alpha value is -2.41. The van der Waals surface area contributed by atoms with Crippen molar-refractivity contribution >= 4 is 5.69 Å². The van der Waals surface area contributed by atoms with Gasteiger partial charge in [-0.3, -0.25) is 0 Å².